The molecule has 0 N–H and O–H groups in total. The van der Waals surface area contributed by atoms with E-state index in [9.17, 15) is 9.59 Å². The lowest BCUT2D eigenvalue weighted by atomic mass is 10.0. The van der Waals surface area contributed by atoms with Crippen LogP contribution in [0.15, 0.2) is 12.7 Å². The summed E-state index contributed by atoms with van der Waals surface area (Å²) in [6.07, 6.45) is 2.06. The Labute approximate surface area is 78.8 Å². The van der Waals surface area contributed by atoms with Crippen LogP contribution in [0, 0.1) is 0 Å². The molecule has 0 aromatic rings. The Morgan fingerprint density at radius 3 is 2.38 bits per heavy atom. The first-order chi connectivity index (χ1) is 5.93. The van der Waals surface area contributed by atoms with Gasteiger partial charge in [0.05, 0.1) is 0 Å². The highest BCUT2D eigenvalue weighted by Crippen LogP contribution is 2.16. The second kappa shape index (κ2) is 4.80. The summed E-state index contributed by atoms with van der Waals surface area (Å²) in [5.41, 5.74) is -0.646. The molecule has 0 aliphatic heterocycles. The number of carbonyl (C=O) groups excluding carboxylic acids is 2. The fourth-order valence-corrected chi connectivity index (χ4v) is 0.758. The standard InChI is InChI=1S/C10H16O3/c1-5-10(4,6-2)13-9(12)7-8(3)11/h5H,1,6-7H2,2-4H3. The summed E-state index contributed by atoms with van der Waals surface area (Å²) in [4.78, 5) is 21.7. The van der Waals surface area contributed by atoms with Crippen LogP contribution >= 0.6 is 0 Å². The molecule has 0 amide bonds. The van der Waals surface area contributed by atoms with E-state index >= 15 is 0 Å². The monoisotopic (exact) mass is 184 g/mol. The Kier molecular flexibility index (Phi) is 4.38. The van der Waals surface area contributed by atoms with Crippen LogP contribution in [0.5, 0.6) is 0 Å². The van der Waals surface area contributed by atoms with Crippen molar-refractivity contribution in [3.8, 4) is 0 Å². The van der Waals surface area contributed by atoms with E-state index in [4.69, 9.17) is 4.74 Å². The summed E-state index contributed by atoms with van der Waals surface area (Å²) in [7, 11) is 0. The van der Waals surface area contributed by atoms with Gasteiger partial charge in [0.15, 0.2) is 0 Å². The van der Waals surface area contributed by atoms with Gasteiger partial charge >= 0.3 is 5.97 Å². The number of carbonyl (C=O) groups is 2. The Morgan fingerprint density at radius 2 is 2.08 bits per heavy atom. The molecule has 0 fully saturated rings. The first kappa shape index (κ1) is 11.9. The zero-order valence-corrected chi connectivity index (χ0v) is 8.42. The molecule has 1 atom stereocenters. The Hall–Kier alpha value is -1.12. The second-order valence-corrected chi connectivity index (χ2v) is 3.22. The molecule has 0 aromatic carbocycles. The van der Waals surface area contributed by atoms with Gasteiger partial charge < -0.3 is 4.74 Å². The number of Topliss-reactive ketones (excluding diaryl/α,β-unsaturated/α-hetero) is 1. The normalized spacial score (nSPS) is 14.4. The molecule has 0 saturated carbocycles. The summed E-state index contributed by atoms with van der Waals surface area (Å²) in [5, 5.41) is 0. The topological polar surface area (TPSA) is 43.4 Å². The molecule has 0 bridgehead atoms. The highest BCUT2D eigenvalue weighted by atomic mass is 16.6. The van der Waals surface area contributed by atoms with Crippen molar-refractivity contribution in [3.63, 3.8) is 0 Å². The molecule has 1 unspecified atom stereocenters. The van der Waals surface area contributed by atoms with Crippen LogP contribution in [0.1, 0.15) is 33.6 Å². The molecule has 0 spiro atoms. The van der Waals surface area contributed by atoms with Crippen molar-refractivity contribution < 1.29 is 14.3 Å². The molecule has 0 radical (unpaired) electrons. The predicted octanol–water partition coefficient (Wildman–Crippen LogP) is 1.86. The van der Waals surface area contributed by atoms with E-state index in [0.29, 0.717) is 6.42 Å². The molecule has 0 heterocycles. The first-order valence-corrected chi connectivity index (χ1v) is 4.28. The largest absolute Gasteiger partial charge is 0.455 e. The van der Waals surface area contributed by atoms with Gasteiger partial charge in [-0.15, -0.1) is 0 Å². The van der Waals surface area contributed by atoms with Crippen LogP contribution < -0.4 is 0 Å². The molecule has 3 heteroatoms. The number of rotatable bonds is 5. The van der Waals surface area contributed by atoms with Crippen molar-refractivity contribution in [1.29, 1.82) is 0 Å². The number of hydrogen-bond acceptors (Lipinski definition) is 3. The van der Waals surface area contributed by atoms with Crippen LogP contribution in [0.25, 0.3) is 0 Å². The highest BCUT2D eigenvalue weighted by Gasteiger charge is 2.22. The van der Waals surface area contributed by atoms with Crippen molar-refractivity contribution in [2.45, 2.75) is 39.2 Å². The fraction of sp³-hybridized carbons (Fsp3) is 0.600. The minimum atomic E-state index is -0.646. The number of hydrogen-bond donors (Lipinski definition) is 0. The molecule has 0 aliphatic rings. The third-order valence-electron chi connectivity index (χ3n) is 1.87. The molecule has 13 heavy (non-hydrogen) atoms. The number of esters is 1. The first-order valence-electron chi connectivity index (χ1n) is 4.28. The SMILES string of the molecule is C=CC(C)(CC)OC(=O)CC(C)=O. The number of ether oxygens (including phenoxy) is 1. The molecule has 0 saturated heterocycles. The lowest BCUT2D eigenvalue weighted by Crippen LogP contribution is -2.29. The summed E-state index contributed by atoms with van der Waals surface area (Å²) in [6.45, 7) is 8.59. The molecule has 74 valence electrons. The Balaban J connectivity index is 4.17. The summed E-state index contributed by atoms with van der Waals surface area (Å²) < 4.78 is 5.07. The Bertz CT molecular complexity index is 220. The molecule has 0 aliphatic carbocycles. The van der Waals surface area contributed by atoms with E-state index in [1.54, 1.807) is 13.0 Å². The van der Waals surface area contributed by atoms with Crippen molar-refractivity contribution in [3.05, 3.63) is 12.7 Å². The van der Waals surface area contributed by atoms with E-state index in [0.717, 1.165) is 0 Å². The summed E-state index contributed by atoms with van der Waals surface area (Å²) in [6, 6.07) is 0. The van der Waals surface area contributed by atoms with E-state index in [1.807, 2.05) is 6.92 Å². The quantitative estimate of drug-likeness (QED) is 0.372. The Morgan fingerprint density at radius 1 is 1.54 bits per heavy atom. The molecule has 0 rings (SSSR count). The maximum absolute atomic E-state index is 11.1. The van der Waals surface area contributed by atoms with Gasteiger partial charge in [0.1, 0.15) is 17.8 Å². The minimum absolute atomic E-state index is 0.163. The van der Waals surface area contributed by atoms with Crippen LogP contribution in [-0.2, 0) is 14.3 Å². The van der Waals surface area contributed by atoms with Gasteiger partial charge in [0.2, 0.25) is 0 Å². The zero-order valence-electron chi connectivity index (χ0n) is 8.42. The van der Waals surface area contributed by atoms with Crippen LogP contribution in [0.3, 0.4) is 0 Å². The summed E-state index contributed by atoms with van der Waals surface area (Å²) in [5.74, 6) is -0.677. The van der Waals surface area contributed by atoms with Crippen molar-refractivity contribution >= 4 is 11.8 Å². The maximum Gasteiger partial charge on any atom is 0.314 e. The third kappa shape index (κ3) is 4.45. The van der Waals surface area contributed by atoms with E-state index in [-0.39, 0.29) is 12.2 Å². The lowest BCUT2D eigenvalue weighted by Gasteiger charge is -2.23. The second-order valence-electron chi connectivity index (χ2n) is 3.22. The lowest BCUT2D eigenvalue weighted by molar-refractivity contribution is -0.155. The molecular formula is C10H16O3. The van der Waals surface area contributed by atoms with E-state index in [2.05, 4.69) is 6.58 Å². The molecular weight excluding hydrogens is 168 g/mol. The van der Waals surface area contributed by atoms with Crippen molar-refractivity contribution in [2.75, 3.05) is 0 Å². The fourth-order valence-electron chi connectivity index (χ4n) is 0.758. The van der Waals surface area contributed by atoms with E-state index in [1.165, 1.54) is 6.92 Å². The number of ketones is 1. The average molecular weight is 184 g/mol. The van der Waals surface area contributed by atoms with Gasteiger partial charge in [-0.05, 0) is 26.3 Å². The van der Waals surface area contributed by atoms with Crippen LogP contribution in [0.4, 0.5) is 0 Å². The minimum Gasteiger partial charge on any atom is -0.455 e. The maximum atomic E-state index is 11.1. The van der Waals surface area contributed by atoms with Gasteiger partial charge in [-0.3, -0.25) is 9.59 Å². The average Bonchev–Trinajstić information content (AvgIpc) is 2.02. The highest BCUT2D eigenvalue weighted by molar-refractivity contribution is 5.94. The zero-order chi connectivity index (χ0) is 10.5. The van der Waals surface area contributed by atoms with Gasteiger partial charge in [0, 0.05) is 0 Å². The van der Waals surface area contributed by atoms with Gasteiger partial charge in [-0.1, -0.05) is 13.5 Å². The third-order valence-corrected chi connectivity index (χ3v) is 1.87. The van der Waals surface area contributed by atoms with Gasteiger partial charge in [-0.2, -0.15) is 0 Å². The van der Waals surface area contributed by atoms with E-state index < -0.39 is 11.6 Å². The molecule has 0 aromatic heterocycles. The van der Waals surface area contributed by atoms with Crippen LogP contribution in [-0.4, -0.2) is 17.4 Å². The van der Waals surface area contributed by atoms with Crippen molar-refractivity contribution in [1.82, 2.24) is 0 Å². The predicted molar refractivity (Wildman–Crippen MR) is 50.3 cm³/mol. The van der Waals surface area contributed by atoms with Crippen molar-refractivity contribution in [2.24, 2.45) is 0 Å². The smallest absolute Gasteiger partial charge is 0.314 e. The molecule has 3 nitrogen and oxygen atoms in total. The van der Waals surface area contributed by atoms with Gasteiger partial charge in [0.25, 0.3) is 0 Å². The van der Waals surface area contributed by atoms with Crippen LogP contribution in [0.2, 0.25) is 0 Å². The van der Waals surface area contributed by atoms with Gasteiger partial charge in [-0.25, -0.2) is 0 Å². The summed E-state index contributed by atoms with van der Waals surface area (Å²) >= 11 is 0.